The molecular weight excluding hydrogens is 324 g/mol. The van der Waals surface area contributed by atoms with Crippen molar-refractivity contribution in [2.45, 2.75) is 6.92 Å². The van der Waals surface area contributed by atoms with Crippen LogP contribution < -0.4 is 10.2 Å². The third-order valence-corrected chi connectivity index (χ3v) is 2.85. The first-order valence-electron chi connectivity index (χ1n) is 5.91. The third kappa shape index (κ3) is 4.24. The highest BCUT2D eigenvalue weighted by atomic mass is 79.9. The van der Waals surface area contributed by atoms with Crippen LogP contribution in [0.25, 0.3) is 0 Å². The van der Waals surface area contributed by atoms with Gasteiger partial charge >= 0.3 is 0 Å². The maximum Gasteiger partial charge on any atom is 0.277 e. The molecule has 0 fully saturated rings. The maximum absolute atomic E-state index is 11.5. The fourth-order valence-electron chi connectivity index (χ4n) is 1.46. The number of ether oxygens (including phenoxy) is 1. The first kappa shape index (κ1) is 14.3. The molecule has 0 atom stereocenters. The number of para-hydroxylation sites is 1. The monoisotopic (exact) mass is 336 g/mol. The minimum atomic E-state index is -0.338. The van der Waals surface area contributed by atoms with E-state index in [-0.39, 0.29) is 12.5 Å². The Kier molecular flexibility index (Phi) is 4.95. The Balaban J connectivity index is 1.78. The van der Waals surface area contributed by atoms with Crippen LogP contribution in [-0.2, 0) is 4.79 Å². The highest BCUT2D eigenvalue weighted by Crippen LogP contribution is 2.15. The number of aryl methyl sites for hydroxylation is 1. The average Bonchev–Trinajstić information content (AvgIpc) is 2.83. The summed E-state index contributed by atoms with van der Waals surface area (Å²) in [7, 11) is 0. The lowest BCUT2D eigenvalue weighted by Crippen LogP contribution is -2.24. The number of hydrazone groups is 1. The number of amides is 1. The molecule has 2 rings (SSSR count). The Morgan fingerprint density at radius 1 is 1.40 bits per heavy atom. The first-order valence-corrected chi connectivity index (χ1v) is 6.70. The molecule has 20 heavy (non-hydrogen) atoms. The van der Waals surface area contributed by atoms with Gasteiger partial charge in [0.25, 0.3) is 5.91 Å². The lowest BCUT2D eigenvalue weighted by molar-refractivity contribution is -0.123. The Hall–Kier alpha value is -2.08. The van der Waals surface area contributed by atoms with Crippen molar-refractivity contribution >= 4 is 28.1 Å². The molecule has 1 aromatic heterocycles. The van der Waals surface area contributed by atoms with Gasteiger partial charge in [0.2, 0.25) is 0 Å². The van der Waals surface area contributed by atoms with Crippen molar-refractivity contribution in [2.75, 3.05) is 6.61 Å². The van der Waals surface area contributed by atoms with Crippen LogP contribution in [-0.4, -0.2) is 18.7 Å². The van der Waals surface area contributed by atoms with Crippen LogP contribution in [0.15, 0.2) is 50.6 Å². The number of nitrogens with one attached hydrogen (secondary N) is 1. The van der Waals surface area contributed by atoms with Crippen molar-refractivity contribution in [3.8, 4) is 5.75 Å². The molecule has 0 bridgehead atoms. The molecule has 104 valence electrons. The minimum absolute atomic E-state index is 0.0932. The quantitative estimate of drug-likeness (QED) is 0.674. The zero-order valence-corrected chi connectivity index (χ0v) is 12.4. The number of hydrogen-bond donors (Lipinski definition) is 1. The van der Waals surface area contributed by atoms with Gasteiger partial charge in [0.15, 0.2) is 11.3 Å². The molecule has 1 aromatic carbocycles. The van der Waals surface area contributed by atoms with Gasteiger partial charge < -0.3 is 9.15 Å². The van der Waals surface area contributed by atoms with Crippen LogP contribution in [0.5, 0.6) is 5.75 Å². The van der Waals surface area contributed by atoms with Crippen molar-refractivity contribution in [1.82, 2.24) is 5.43 Å². The number of nitrogens with zero attached hydrogens (tertiary/aromatic N) is 1. The van der Waals surface area contributed by atoms with Crippen LogP contribution in [0.3, 0.4) is 0 Å². The summed E-state index contributed by atoms with van der Waals surface area (Å²) in [6, 6.07) is 11.0. The zero-order valence-electron chi connectivity index (χ0n) is 10.8. The second-order valence-electron chi connectivity index (χ2n) is 3.99. The highest BCUT2D eigenvalue weighted by Gasteiger charge is 2.03. The van der Waals surface area contributed by atoms with Gasteiger partial charge in [-0.05, 0) is 46.6 Å². The number of benzene rings is 1. The molecule has 0 spiro atoms. The van der Waals surface area contributed by atoms with Gasteiger partial charge in [-0.1, -0.05) is 18.2 Å². The van der Waals surface area contributed by atoms with E-state index in [4.69, 9.17) is 9.15 Å². The summed E-state index contributed by atoms with van der Waals surface area (Å²) in [5, 5.41) is 3.77. The smallest absolute Gasteiger partial charge is 0.277 e. The molecular formula is C14H13BrN2O3. The summed E-state index contributed by atoms with van der Waals surface area (Å²) < 4.78 is 11.2. The summed E-state index contributed by atoms with van der Waals surface area (Å²) in [6.45, 7) is 1.82. The number of rotatable bonds is 5. The SMILES string of the molecule is Cc1ccccc1OCC(=O)N/N=C\c1ccc(Br)o1. The van der Waals surface area contributed by atoms with Crippen LogP contribution >= 0.6 is 15.9 Å². The molecule has 1 amide bonds. The lowest BCUT2D eigenvalue weighted by Gasteiger charge is -2.07. The Morgan fingerprint density at radius 2 is 2.20 bits per heavy atom. The van der Waals surface area contributed by atoms with Crippen LogP contribution in [0, 0.1) is 6.92 Å². The largest absolute Gasteiger partial charge is 0.483 e. The summed E-state index contributed by atoms with van der Waals surface area (Å²) in [6.07, 6.45) is 1.41. The van der Waals surface area contributed by atoms with Crippen LogP contribution in [0.2, 0.25) is 0 Å². The van der Waals surface area contributed by atoms with Gasteiger partial charge in [-0.3, -0.25) is 4.79 Å². The number of furan rings is 1. The van der Waals surface area contributed by atoms with E-state index < -0.39 is 0 Å². The molecule has 0 aliphatic heterocycles. The fourth-order valence-corrected chi connectivity index (χ4v) is 1.78. The van der Waals surface area contributed by atoms with Crippen molar-refractivity contribution in [1.29, 1.82) is 0 Å². The molecule has 0 saturated carbocycles. The third-order valence-electron chi connectivity index (χ3n) is 2.43. The summed E-state index contributed by atoms with van der Waals surface area (Å²) in [4.78, 5) is 11.5. The van der Waals surface area contributed by atoms with Crippen LogP contribution in [0.1, 0.15) is 11.3 Å². The first-order chi connectivity index (χ1) is 9.65. The molecule has 0 saturated heterocycles. The zero-order chi connectivity index (χ0) is 14.4. The molecule has 6 heteroatoms. The molecule has 0 unspecified atom stereocenters. The average molecular weight is 337 g/mol. The molecule has 0 aliphatic rings. The summed E-state index contributed by atoms with van der Waals surface area (Å²) in [5.41, 5.74) is 3.34. The lowest BCUT2D eigenvalue weighted by atomic mass is 10.2. The number of halogens is 1. The summed E-state index contributed by atoms with van der Waals surface area (Å²) in [5.74, 6) is 0.883. The Labute approximate surface area is 124 Å². The predicted octanol–water partition coefficient (Wildman–Crippen LogP) is 2.88. The van der Waals surface area contributed by atoms with Crippen molar-refractivity contribution < 1.29 is 13.9 Å². The van der Waals surface area contributed by atoms with Gasteiger partial charge in [0.1, 0.15) is 11.5 Å². The minimum Gasteiger partial charge on any atom is -0.483 e. The summed E-state index contributed by atoms with van der Waals surface area (Å²) >= 11 is 3.17. The van der Waals surface area contributed by atoms with E-state index in [1.807, 2.05) is 31.2 Å². The van der Waals surface area contributed by atoms with E-state index in [1.165, 1.54) is 6.21 Å². The normalized spacial score (nSPS) is 10.7. The molecule has 1 heterocycles. The van der Waals surface area contributed by atoms with E-state index in [9.17, 15) is 4.79 Å². The second kappa shape index (κ2) is 6.91. The van der Waals surface area contributed by atoms with E-state index >= 15 is 0 Å². The van der Waals surface area contributed by atoms with Gasteiger partial charge in [-0.25, -0.2) is 5.43 Å². The Bertz CT molecular complexity index is 622. The van der Waals surface area contributed by atoms with Crippen molar-refractivity contribution in [3.05, 3.63) is 52.4 Å². The van der Waals surface area contributed by atoms with E-state index in [1.54, 1.807) is 12.1 Å². The molecule has 5 nitrogen and oxygen atoms in total. The highest BCUT2D eigenvalue weighted by molar-refractivity contribution is 9.10. The van der Waals surface area contributed by atoms with E-state index in [0.717, 1.165) is 5.56 Å². The van der Waals surface area contributed by atoms with Crippen molar-refractivity contribution in [3.63, 3.8) is 0 Å². The maximum atomic E-state index is 11.5. The van der Waals surface area contributed by atoms with Crippen molar-refractivity contribution in [2.24, 2.45) is 5.10 Å². The van der Waals surface area contributed by atoms with Gasteiger partial charge in [-0.15, -0.1) is 0 Å². The molecule has 2 aromatic rings. The Morgan fingerprint density at radius 3 is 2.90 bits per heavy atom. The van der Waals surface area contributed by atoms with Crippen LogP contribution in [0.4, 0.5) is 0 Å². The van der Waals surface area contributed by atoms with Gasteiger partial charge in [-0.2, -0.15) is 5.10 Å². The standard InChI is InChI=1S/C14H13BrN2O3/c1-10-4-2-3-5-12(10)19-9-14(18)17-16-8-11-6-7-13(15)20-11/h2-8H,9H2,1H3,(H,17,18)/b16-8-. The van der Waals surface area contributed by atoms with E-state index in [0.29, 0.717) is 16.2 Å². The topological polar surface area (TPSA) is 63.8 Å². The van der Waals surface area contributed by atoms with Gasteiger partial charge in [0.05, 0.1) is 6.21 Å². The number of carbonyl (C=O) groups excluding carboxylic acids is 1. The second-order valence-corrected chi connectivity index (χ2v) is 4.77. The molecule has 1 N–H and O–H groups in total. The van der Waals surface area contributed by atoms with E-state index in [2.05, 4.69) is 26.5 Å². The predicted molar refractivity (Wildman–Crippen MR) is 78.8 cm³/mol. The fraction of sp³-hybridized carbons (Fsp3) is 0.143. The number of carbonyl (C=O) groups is 1. The number of hydrogen-bond acceptors (Lipinski definition) is 4. The molecule has 0 aliphatic carbocycles. The molecule has 0 radical (unpaired) electrons. The van der Waals surface area contributed by atoms with Gasteiger partial charge in [0, 0.05) is 0 Å².